The van der Waals surface area contributed by atoms with E-state index in [-0.39, 0.29) is 21.8 Å². The second-order valence-electron chi connectivity index (χ2n) is 12.1. The van der Waals surface area contributed by atoms with Crippen LogP contribution < -0.4 is 15.2 Å². The molecule has 0 amide bonds. The third kappa shape index (κ3) is 5.73. The lowest BCUT2D eigenvalue weighted by Gasteiger charge is -2.44. The van der Waals surface area contributed by atoms with Crippen molar-refractivity contribution in [2.45, 2.75) is 70.5 Å². The summed E-state index contributed by atoms with van der Waals surface area (Å²) >= 11 is 0.845. The Hall–Kier alpha value is -1.32. The number of benzene rings is 1. The maximum atomic E-state index is 13.3. The van der Waals surface area contributed by atoms with Crippen LogP contribution in [0.15, 0.2) is 29.2 Å². The quantitative estimate of drug-likeness (QED) is 0.232. The maximum Gasteiger partial charge on any atom is 0.268 e. The van der Waals surface area contributed by atoms with Crippen LogP contribution in [-0.4, -0.2) is 40.0 Å². The summed E-state index contributed by atoms with van der Waals surface area (Å²) in [7, 11) is 0.308. The van der Waals surface area contributed by atoms with E-state index in [1.807, 2.05) is 43.4 Å². The van der Waals surface area contributed by atoms with Gasteiger partial charge in [0.05, 0.1) is 9.61 Å². The SMILES string of the molecule is Cn1c(N2CCC3(CC2)Cc2ccc(C#C[Si](C)(C)C)cc2[C@H]3N[S+]([O-])C(C)(C)C)ncc(I)c1=O. The van der Waals surface area contributed by atoms with Gasteiger partial charge in [0.1, 0.15) is 12.8 Å². The summed E-state index contributed by atoms with van der Waals surface area (Å²) in [5.74, 6) is 4.13. The number of hydrogen-bond donors (Lipinski definition) is 1. The fraction of sp³-hybridized carbons (Fsp3) is 0.556. The minimum absolute atomic E-state index is 0.00293. The van der Waals surface area contributed by atoms with Crippen LogP contribution >= 0.6 is 22.6 Å². The molecule has 1 saturated heterocycles. The number of rotatable bonds is 3. The van der Waals surface area contributed by atoms with E-state index >= 15 is 0 Å². The predicted molar refractivity (Wildman–Crippen MR) is 160 cm³/mol. The van der Waals surface area contributed by atoms with E-state index < -0.39 is 19.4 Å². The van der Waals surface area contributed by atoms with Crippen molar-refractivity contribution in [3.8, 4) is 11.5 Å². The zero-order chi connectivity index (χ0) is 26.5. The van der Waals surface area contributed by atoms with Gasteiger partial charge in [0.2, 0.25) is 5.95 Å². The molecule has 6 nitrogen and oxygen atoms in total. The highest BCUT2D eigenvalue weighted by Crippen LogP contribution is 2.53. The Morgan fingerprint density at radius 1 is 1.25 bits per heavy atom. The zero-order valence-electron chi connectivity index (χ0n) is 22.4. The van der Waals surface area contributed by atoms with Crippen LogP contribution in [0.25, 0.3) is 0 Å². The van der Waals surface area contributed by atoms with Gasteiger partial charge in [-0.25, -0.2) is 4.98 Å². The molecule has 0 bridgehead atoms. The van der Waals surface area contributed by atoms with Crippen molar-refractivity contribution in [3.05, 3.63) is 55.0 Å². The first-order chi connectivity index (χ1) is 16.7. The van der Waals surface area contributed by atoms with E-state index in [1.54, 1.807) is 17.8 Å². The van der Waals surface area contributed by atoms with Gasteiger partial charge in [0.15, 0.2) is 0 Å². The van der Waals surface area contributed by atoms with Crippen molar-refractivity contribution in [1.82, 2.24) is 14.3 Å². The third-order valence-corrected chi connectivity index (χ3v) is 10.3. The molecule has 1 spiro atoms. The van der Waals surface area contributed by atoms with Crippen LogP contribution in [0.2, 0.25) is 19.6 Å². The molecular formula is C27H37IN4O2SSi. The smallest absolute Gasteiger partial charge is 0.268 e. The summed E-state index contributed by atoms with van der Waals surface area (Å²) in [6.07, 6.45) is 4.47. The summed E-state index contributed by atoms with van der Waals surface area (Å²) in [6.45, 7) is 14.4. The van der Waals surface area contributed by atoms with E-state index in [0.29, 0.717) is 3.57 Å². The number of anilines is 1. The van der Waals surface area contributed by atoms with Gasteiger partial charge in [-0.05, 0) is 85.9 Å². The van der Waals surface area contributed by atoms with Crippen molar-refractivity contribution >= 4 is 48.0 Å². The number of nitrogens with zero attached hydrogens (tertiary/aromatic N) is 3. The van der Waals surface area contributed by atoms with Crippen LogP contribution in [0.1, 0.15) is 56.3 Å². The molecule has 1 N–H and O–H groups in total. The average Bonchev–Trinajstić information content (AvgIpc) is 3.08. The Kier molecular flexibility index (Phi) is 7.77. The average molecular weight is 637 g/mol. The Morgan fingerprint density at radius 3 is 2.53 bits per heavy atom. The van der Waals surface area contributed by atoms with Crippen molar-refractivity contribution in [3.63, 3.8) is 0 Å². The van der Waals surface area contributed by atoms with Crippen molar-refractivity contribution in [1.29, 1.82) is 0 Å². The highest BCUT2D eigenvalue weighted by Gasteiger charge is 2.50. The lowest BCUT2D eigenvalue weighted by atomic mass is 9.73. The molecule has 1 unspecified atom stereocenters. The van der Waals surface area contributed by atoms with Crippen LogP contribution in [0, 0.1) is 20.4 Å². The van der Waals surface area contributed by atoms with Crippen LogP contribution in [0.4, 0.5) is 5.95 Å². The Labute approximate surface area is 233 Å². The monoisotopic (exact) mass is 636 g/mol. The number of aromatic nitrogens is 2. The van der Waals surface area contributed by atoms with Gasteiger partial charge < -0.3 is 9.45 Å². The molecule has 36 heavy (non-hydrogen) atoms. The maximum absolute atomic E-state index is 13.3. The molecule has 2 heterocycles. The highest BCUT2D eigenvalue weighted by molar-refractivity contribution is 14.1. The van der Waals surface area contributed by atoms with Crippen molar-refractivity contribution in [2.75, 3.05) is 18.0 Å². The first kappa shape index (κ1) is 27.7. The Balaban J connectivity index is 1.65. The fourth-order valence-electron chi connectivity index (χ4n) is 5.06. The molecule has 2 atom stereocenters. The van der Waals surface area contributed by atoms with Gasteiger partial charge in [-0.3, -0.25) is 9.36 Å². The molecule has 0 radical (unpaired) electrons. The zero-order valence-corrected chi connectivity index (χ0v) is 26.3. The number of halogens is 1. The van der Waals surface area contributed by atoms with Gasteiger partial charge in [0.25, 0.3) is 5.56 Å². The molecule has 2 aliphatic rings. The van der Waals surface area contributed by atoms with Crippen molar-refractivity contribution < 1.29 is 4.55 Å². The molecule has 1 aromatic carbocycles. The topological polar surface area (TPSA) is 73.2 Å². The third-order valence-electron chi connectivity index (χ3n) is 7.12. The number of fused-ring (bicyclic) bond motifs is 1. The molecule has 1 aliphatic heterocycles. The minimum Gasteiger partial charge on any atom is -0.598 e. The van der Waals surface area contributed by atoms with E-state index in [1.165, 1.54) is 11.1 Å². The number of hydrogen-bond acceptors (Lipinski definition) is 5. The molecule has 9 heteroatoms. The van der Waals surface area contributed by atoms with Gasteiger partial charge in [0, 0.05) is 48.7 Å². The Bertz CT molecular complexity index is 1260. The second-order valence-corrected chi connectivity index (χ2v) is 20.1. The Morgan fingerprint density at radius 2 is 1.92 bits per heavy atom. The molecule has 2 aromatic rings. The predicted octanol–water partition coefficient (Wildman–Crippen LogP) is 4.55. The largest absolute Gasteiger partial charge is 0.598 e. The lowest BCUT2D eigenvalue weighted by molar-refractivity contribution is 0.175. The van der Waals surface area contributed by atoms with E-state index in [4.69, 9.17) is 0 Å². The van der Waals surface area contributed by atoms with Gasteiger partial charge in [-0.15, -0.1) is 10.3 Å². The highest BCUT2D eigenvalue weighted by atomic mass is 127. The molecule has 194 valence electrons. The fourth-order valence-corrected chi connectivity index (χ4v) is 7.03. The molecular weight excluding hydrogens is 599 g/mol. The first-order valence-corrected chi connectivity index (χ1v) is 18.2. The summed E-state index contributed by atoms with van der Waals surface area (Å²) in [5.41, 5.74) is 7.04. The van der Waals surface area contributed by atoms with Crippen LogP contribution in [0.3, 0.4) is 0 Å². The number of nitrogens with one attached hydrogen (secondary N) is 1. The summed E-state index contributed by atoms with van der Waals surface area (Å²) in [5, 5.41) is 0. The summed E-state index contributed by atoms with van der Waals surface area (Å²) < 4.78 is 18.8. The van der Waals surface area contributed by atoms with Gasteiger partial charge in [-0.1, -0.05) is 31.6 Å². The second kappa shape index (κ2) is 10.1. The molecule has 4 rings (SSSR count). The molecule has 0 saturated carbocycles. The standard InChI is InChI=1S/C27H37IN4O2SSi/c1-26(2,3)35(34)30-23-21-16-19(10-15-36(5,6)7)8-9-20(21)17-27(23)11-13-32(14-12-27)25-29-18-22(28)24(33)31(25)4/h8-9,16,18,23,30H,11-14,17H2,1-7H3/t23-,35?/m1/s1. The van der Waals surface area contributed by atoms with E-state index in [0.717, 1.165) is 43.9 Å². The first-order valence-electron chi connectivity index (χ1n) is 12.5. The van der Waals surface area contributed by atoms with Crippen LogP contribution in [0.5, 0.6) is 0 Å². The van der Waals surface area contributed by atoms with Crippen LogP contribution in [-0.2, 0) is 24.8 Å². The van der Waals surface area contributed by atoms with E-state index in [2.05, 4.69) is 63.9 Å². The molecule has 1 aromatic heterocycles. The van der Waals surface area contributed by atoms with Gasteiger partial charge >= 0.3 is 0 Å². The van der Waals surface area contributed by atoms with E-state index in [9.17, 15) is 9.35 Å². The minimum atomic E-state index is -1.49. The molecule has 1 aliphatic carbocycles. The number of piperidine rings is 1. The summed E-state index contributed by atoms with van der Waals surface area (Å²) in [4.78, 5) is 19.3. The lowest BCUT2D eigenvalue weighted by Crippen LogP contribution is -2.50. The normalized spacial score (nSPS) is 20.1. The summed E-state index contributed by atoms with van der Waals surface area (Å²) in [6, 6.07) is 6.59. The molecule has 1 fully saturated rings. The van der Waals surface area contributed by atoms with Crippen molar-refractivity contribution in [2.24, 2.45) is 12.5 Å². The van der Waals surface area contributed by atoms with Gasteiger partial charge in [-0.2, -0.15) is 0 Å².